The molecule has 1 aliphatic rings. The molecule has 1 rings (SSSR count). The lowest BCUT2D eigenvalue weighted by Gasteiger charge is -2.57. The molecular formula is C28H64O8Si4. The Morgan fingerprint density at radius 3 is 0.675 bits per heavy atom. The Kier molecular flexibility index (Phi) is 17.7. The first-order valence-electron chi connectivity index (χ1n) is 16.3. The quantitative estimate of drug-likeness (QED) is 0.128. The van der Waals surface area contributed by atoms with Gasteiger partial charge in [0, 0.05) is 26.4 Å². The van der Waals surface area contributed by atoms with Gasteiger partial charge in [-0.3, -0.25) is 0 Å². The topological polar surface area (TPSA) is 73.8 Å². The second kappa shape index (κ2) is 18.4. The van der Waals surface area contributed by atoms with Gasteiger partial charge in [-0.15, -0.1) is 0 Å². The predicted molar refractivity (Wildman–Crippen MR) is 172 cm³/mol. The molecule has 1 heterocycles. The van der Waals surface area contributed by atoms with Gasteiger partial charge in [0.15, 0.2) is 0 Å². The van der Waals surface area contributed by atoms with Crippen molar-refractivity contribution in [1.29, 1.82) is 0 Å². The molecule has 0 saturated carbocycles. The third kappa shape index (κ3) is 9.27. The Balaban J connectivity index is 4.18. The average molecular weight is 641 g/mol. The van der Waals surface area contributed by atoms with Crippen LogP contribution in [0.25, 0.3) is 0 Å². The minimum Gasteiger partial charge on any atom is -0.412 e. The lowest BCUT2D eigenvalue weighted by atomic mass is 10.6. The van der Waals surface area contributed by atoms with Gasteiger partial charge in [-0.25, -0.2) is 0 Å². The molecule has 240 valence electrons. The van der Waals surface area contributed by atoms with Gasteiger partial charge in [-0.2, -0.15) is 0 Å². The zero-order valence-electron chi connectivity index (χ0n) is 28.1. The fourth-order valence-electron chi connectivity index (χ4n) is 6.04. The molecule has 0 amide bonds. The van der Waals surface area contributed by atoms with Crippen LogP contribution in [0.4, 0.5) is 0 Å². The largest absolute Gasteiger partial charge is 0.412 e. The van der Waals surface area contributed by atoms with Crippen molar-refractivity contribution in [2.45, 2.75) is 156 Å². The summed E-state index contributed by atoms with van der Waals surface area (Å²) in [6.07, 6.45) is 3.71. The van der Waals surface area contributed by atoms with Crippen molar-refractivity contribution < 1.29 is 35.4 Å². The van der Waals surface area contributed by atoms with Crippen molar-refractivity contribution >= 4 is 34.2 Å². The molecule has 0 aromatic rings. The summed E-state index contributed by atoms with van der Waals surface area (Å²) >= 11 is 0. The second-order valence-corrected chi connectivity index (χ2v) is 26.1. The van der Waals surface area contributed by atoms with Crippen LogP contribution in [0.1, 0.15) is 109 Å². The minimum absolute atomic E-state index is 0.190. The van der Waals surface area contributed by atoms with Gasteiger partial charge in [0.05, 0.1) is 22.9 Å². The van der Waals surface area contributed by atoms with E-state index < -0.39 is 34.2 Å². The molecular weight excluding hydrogens is 577 g/mol. The van der Waals surface area contributed by atoms with E-state index in [0.717, 1.165) is 49.9 Å². The fourth-order valence-corrected chi connectivity index (χ4v) is 32.2. The molecule has 40 heavy (non-hydrogen) atoms. The number of hydrogen-bond donors (Lipinski definition) is 0. The van der Waals surface area contributed by atoms with Gasteiger partial charge >= 0.3 is 34.2 Å². The Hall–Kier alpha value is 0.548. The van der Waals surface area contributed by atoms with E-state index in [2.05, 4.69) is 55.4 Å². The first-order valence-corrected chi connectivity index (χ1v) is 24.7. The van der Waals surface area contributed by atoms with E-state index in [0.29, 0.717) is 26.4 Å². The highest BCUT2D eigenvalue weighted by molar-refractivity contribution is 6.96. The maximum Gasteiger partial charge on any atom is 0.350 e. The summed E-state index contributed by atoms with van der Waals surface area (Å²) < 4.78 is 56.4. The molecule has 8 nitrogen and oxygen atoms in total. The highest BCUT2D eigenvalue weighted by Gasteiger charge is 2.68. The Morgan fingerprint density at radius 2 is 0.550 bits per heavy atom. The molecule has 1 saturated heterocycles. The third-order valence-electron chi connectivity index (χ3n) is 7.92. The monoisotopic (exact) mass is 640 g/mol. The van der Waals surface area contributed by atoms with E-state index in [4.69, 9.17) is 35.4 Å². The van der Waals surface area contributed by atoms with Crippen molar-refractivity contribution in [3.63, 3.8) is 0 Å². The zero-order chi connectivity index (χ0) is 30.5. The van der Waals surface area contributed by atoms with Gasteiger partial charge < -0.3 is 35.4 Å². The van der Waals surface area contributed by atoms with Gasteiger partial charge in [0.1, 0.15) is 0 Å². The van der Waals surface area contributed by atoms with Gasteiger partial charge in [0.2, 0.25) is 0 Å². The summed E-state index contributed by atoms with van der Waals surface area (Å²) in [4.78, 5) is 0. The smallest absolute Gasteiger partial charge is 0.350 e. The van der Waals surface area contributed by atoms with Crippen molar-refractivity contribution in [2.24, 2.45) is 0 Å². The third-order valence-corrected chi connectivity index (χ3v) is 29.4. The van der Waals surface area contributed by atoms with Crippen LogP contribution in [0.15, 0.2) is 0 Å². The van der Waals surface area contributed by atoms with Crippen LogP contribution < -0.4 is 0 Å². The SMILES string of the molecule is CCC[Si]1(C(C)OCC)O[Si](CCC)(C(C)OCC)O[Si](CCC)(C(C)OCC)O[Si](CCC)(C(C)OCC)O1. The predicted octanol–water partition coefficient (Wildman–Crippen LogP) is 7.33. The summed E-state index contributed by atoms with van der Waals surface area (Å²) in [5.74, 6) is 0. The summed E-state index contributed by atoms with van der Waals surface area (Å²) in [5.41, 5.74) is -0.761. The number of ether oxygens (including phenoxy) is 4. The summed E-state index contributed by atoms with van der Waals surface area (Å²) in [7, 11) is -12.3. The molecule has 0 radical (unpaired) electrons. The molecule has 0 N–H and O–H groups in total. The highest BCUT2D eigenvalue weighted by atomic mass is 28.5. The van der Waals surface area contributed by atoms with Crippen LogP contribution >= 0.6 is 0 Å². The van der Waals surface area contributed by atoms with Crippen LogP contribution in [0, 0.1) is 0 Å². The molecule has 4 unspecified atom stereocenters. The fraction of sp³-hybridized carbons (Fsp3) is 1.00. The lowest BCUT2D eigenvalue weighted by Crippen LogP contribution is -2.79. The van der Waals surface area contributed by atoms with Gasteiger partial charge in [-0.05, 0) is 79.6 Å². The molecule has 0 bridgehead atoms. The zero-order valence-corrected chi connectivity index (χ0v) is 32.1. The molecule has 1 aliphatic heterocycles. The van der Waals surface area contributed by atoms with E-state index >= 15 is 0 Å². The van der Waals surface area contributed by atoms with Crippen LogP contribution in [0.2, 0.25) is 24.2 Å². The van der Waals surface area contributed by atoms with Gasteiger partial charge in [-0.1, -0.05) is 53.4 Å². The van der Waals surface area contributed by atoms with Gasteiger partial charge in [0.25, 0.3) is 0 Å². The van der Waals surface area contributed by atoms with Crippen molar-refractivity contribution in [2.75, 3.05) is 26.4 Å². The molecule has 4 atom stereocenters. The van der Waals surface area contributed by atoms with Crippen LogP contribution in [0.5, 0.6) is 0 Å². The maximum atomic E-state index is 7.70. The van der Waals surface area contributed by atoms with Crippen LogP contribution in [0.3, 0.4) is 0 Å². The molecule has 1 fully saturated rings. The Labute approximate surface area is 251 Å². The molecule has 0 aromatic heterocycles. The van der Waals surface area contributed by atoms with E-state index in [9.17, 15) is 0 Å². The van der Waals surface area contributed by atoms with E-state index in [1.807, 2.05) is 27.7 Å². The van der Waals surface area contributed by atoms with Crippen molar-refractivity contribution in [3.8, 4) is 0 Å². The summed E-state index contributed by atoms with van der Waals surface area (Å²) in [5, 5.41) is 0. The Bertz CT molecular complexity index is 569. The molecule has 0 aliphatic carbocycles. The van der Waals surface area contributed by atoms with Crippen LogP contribution in [-0.2, 0) is 35.4 Å². The Morgan fingerprint density at radius 1 is 0.375 bits per heavy atom. The molecule has 0 aromatic carbocycles. The first kappa shape index (κ1) is 38.6. The minimum atomic E-state index is -3.08. The second-order valence-electron chi connectivity index (χ2n) is 11.0. The van der Waals surface area contributed by atoms with Crippen LogP contribution in [-0.4, -0.2) is 83.6 Å². The number of rotatable bonds is 20. The summed E-state index contributed by atoms with van der Waals surface area (Å²) in [6, 6.07) is 3.22. The van der Waals surface area contributed by atoms with Crippen molar-refractivity contribution in [3.05, 3.63) is 0 Å². The first-order chi connectivity index (χ1) is 19.0. The highest BCUT2D eigenvalue weighted by Crippen LogP contribution is 2.44. The van der Waals surface area contributed by atoms with E-state index in [-0.39, 0.29) is 22.9 Å². The van der Waals surface area contributed by atoms with Crippen molar-refractivity contribution in [1.82, 2.24) is 0 Å². The standard InChI is InChI=1S/C28H64O8Si4/c1-13-21-37(25(9)29-17-5)33-38(22-14-2,26(10)30-18-6)35-40(24-16-4,28(12)32-20-8)36-39(34-37,23-15-3)27(11)31-19-7/h25-28H,13-24H2,1-12H3. The normalized spacial score (nSPS) is 32.7. The lowest BCUT2D eigenvalue weighted by molar-refractivity contribution is 0.0331. The maximum absolute atomic E-state index is 7.70. The van der Waals surface area contributed by atoms with E-state index in [1.54, 1.807) is 0 Å². The summed E-state index contributed by atoms with van der Waals surface area (Å²) in [6.45, 7) is 27.9. The molecule has 0 spiro atoms. The molecule has 12 heteroatoms. The number of hydrogen-bond acceptors (Lipinski definition) is 8. The van der Waals surface area contributed by atoms with E-state index in [1.165, 1.54) is 0 Å². The average Bonchev–Trinajstić information content (AvgIpc) is 2.88.